The third kappa shape index (κ3) is 14.4. The molecule has 0 heterocycles. The lowest BCUT2D eigenvalue weighted by Crippen LogP contribution is -1.78. The molecule has 0 aromatic heterocycles. The summed E-state index contributed by atoms with van der Waals surface area (Å²) in [5.74, 6) is 0. The van der Waals surface area contributed by atoms with E-state index < -0.39 is 0 Å². The van der Waals surface area contributed by atoms with Gasteiger partial charge in [-0.25, -0.2) is 40.8 Å². The van der Waals surface area contributed by atoms with Gasteiger partial charge < -0.3 is 0 Å². The summed E-state index contributed by atoms with van der Waals surface area (Å²) in [6, 6.07) is 26.2. The molecule has 8 nitrogen and oxygen atoms in total. The van der Waals surface area contributed by atoms with Crippen LogP contribution in [0, 0.1) is 21.6 Å². The number of isocyanates is 4. The highest BCUT2D eigenvalue weighted by atomic mass is 16.1. The van der Waals surface area contributed by atoms with Crippen LogP contribution in [0.15, 0.2) is 72.8 Å². The van der Waals surface area contributed by atoms with Crippen LogP contribution in [-0.4, -0.2) is 24.3 Å². The van der Waals surface area contributed by atoms with Crippen molar-refractivity contribution in [2.24, 2.45) is 0 Å². The van der Waals surface area contributed by atoms with Gasteiger partial charge >= 0.3 is 0 Å². The molecule has 0 spiro atoms. The average Bonchev–Trinajstić information content (AvgIpc) is 2.87. The lowest BCUT2D eigenvalue weighted by atomic mass is 10.00. The largest absolute Gasteiger partial charge is 0.231 e. The third-order valence-electron chi connectivity index (χ3n) is 4.53. The Morgan fingerprint density at radius 2 is 0.667 bits per heavy atom. The molecule has 4 rings (SSSR count). The summed E-state index contributed by atoms with van der Waals surface area (Å²) >= 11 is 0. The molecule has 0 radical (unpaired) electrons. The van der Waals surface area contributed by atoms with Crippen molar-refractivity contribution in [3.05, 3.63) is 72.8 Å². The summed E-state index contributed by atoms with van der Waals surface area (Å²) in [5.41, 5.74) is 0. The zero-order valence-corrected chi connectivity index (χ0v) is 20.4. The molecule has 4 aromatic carbocycles. The van der Waals surface area contributed by atoms with Gasteiger partial charge in [-0.2, -0.15) is 0 Å². The molecule has 8 heteroatoms. The topological polar surface area (TPSA) is 164 Å². The molecule has 0 aliphatic heterocycles. The second-order valence-electron chi connectivity index (χ2n) is 6.86. The smallest absolute Gasteiger partial charge is 0.222 e. The number of nitrogens with one attached hydrogen (secondary N) is 4. The Balaban J connectivity index is 0. The molecule has 0 bridgehead atoms. The molecule has 4 N–H and O–H groups in total. The SMILES string of the molecule is CCCCCC.N=C=O.N=C=O.N=C=O.N=C=O.c1ccc2cc3cc4ccccc4cc3cc2c1. The number of hydrogen-bond donors (Lipinski definition) is 4. The molecular formula is C28H30N4O4. The van der Waals surface area contributed by atoms with Gasteiger partial charge in [-0.1, -0.05) is 88.1 Å². The van der Waals surface area contributed by atoms with Crippen molar-refractivity contribution in [2.45, 2.75) is 39.5 Å². The van der Waals surface area contributed by atoms with E-state index in [9.17, 15) is 0 Å². The summed E-state index contributed by atoms with van der Waals surface area (Å²) in [4.78, 5) is 33.4. The molecule has 0 aliphatic carbocycles. The standard InChI is InChI=1S/C18H12.C6H14.4CHNO/c1-2-6-14-10-18-12-16-8-4-3-7-15(16)11-17(18)9-13(14)5-1;1-3-5-6-4-2;4*2-1-3/h1-12H;3-6H2,1-2H3;4*2H. The van der Waals surface area contributed by atoms with Crippen LogP contribution in [0.1, 0.15) is 39.5 Å². The fourth-order valence-corrected chi connectivity index (χ4v) is 3.13. The molecule has 0 unspecified atom stereocenters. The highest BCUT2D eigenvalue weighted by Crippen LogP contribution is 2.27. The molecule has 0 amide bonds. The predicted molar refractivity (Wildman–Crippen MR) is 142 cm³/mol. The van der Waals surface area contributed by atoms with Gasteiger partial charge in [0, 0.05) is 0 Å². The van der Waals surface area contributed by atoms with Crippen molar-refractivity contribution in [3.8, 4) is 0 Å². The normalized spacial score (nSPS) is 8.06. The maximum absolute atomic E-state index is 8.35. The van der Waals surface area contributed by atoms with Gasteiger partial charge in [0.1, 0.15) is 0 Å². The van der Waals surface area contributed by atoms with E-state index in [1.54, 1.807) is 0 Å². The maximum atomic E-state index is 8.35. The van der Waals surface area contributed by atoms with Crippen LogP contribution in [0.2, 0.25) is 0 Å². The van der Waals surface area contributed by atoms with Gasteiger partial charge in [0.2, 0.25) is 24.3 Å². The first-order valence-corrected chi connectivity index (χ1v) is 10.9. The van der Waals surface area contributed by atoms with E-state index in [4.69, 9.17) is 40.8 Å². The number of benzene rings is 4. The number of rotatable bonds is 3. The van der Waals surface area contributed by atoms with Crippen molar-refractivity contribution in [1.29, 1.82) is 21.6 Å². The third-order valence-corrected chi connectivity index (χ3v) is 4.53. The van der Waals surface area contributed by atoms with Crippen LogP contribution in [0.25, 0.3) is 32.3 Å². The van der Waals surface area contributed by atoms with E-state index in [0.29, 0.717) is 0 Å². The molecule has 0 atom stereocenters. The molecule has 0 aliphatic rings. The maximum Gasteiger partial charge on any atom is 0.231 e. The minimum atomic E-state index is 0.750. The zero-order valence-electron chi connectivity index (χ0n) is 20.4. The zero-order chi connectivity index (χ0) is 27.6. The van der Waals surface area contributed by atoms with Gasteiger partial charge in [0.25, 0.3) is 0 Å². The minimum Gasteiger partial charge on any atom is -0.222 e. The van der Waals surface area contributed by atoms with E-state index in [-0.39, 0.29) is 0 Å². The molecule has 0 fully saturated rings. The highest BCUT2D eigenvalue weighted by molar-refractivity contribution is 6.04. The summed E-state index contributed by atoms with van der Waals surface area (Å²) in [6.07, 6.45) is 8.54. The van der Waals surface area contributed by atoms with Gasteiger partial charge in [-0.3, -0.25) is 0 Å². The average molecular weight is 487 g/mol. The lowest BCUT2D eigenvalue weighted by Gasteiger charge is -2.04. The first kappa shape index (κ1) is 33.4. The van der Waals surface area contributed by atoms with Crippen LogP contribution >= 0.6 is 0 Å². The Morgan fingerprint density at radius 3 is 0.833 bits per heavy atom. The van der Waals surface area contributed by atoms with E-state index >= 15 is 0 Å². The van der Waals surface area contributed by atoms with E-state index in [1.807, 2.05) is 0 Å². The molecule has 0 saturated heterocycles. The molecule has 36 heavy (non-hydrogen) atoms. The Bertz CT molecular complexity index is 1120. The van der Waals surface area contributed by atoms with Crippen LogP contribution in [0.3, 0.4) is 0 Å². The molecule has 186 valence electrons. The number of carbonyl (C=O) groups excluding carboxylic acids is 4. The second-order valence-corrected chi connectivity index (χ2v) is 6.86. The monoisotopic (exact) mass is 486 g/mol. The predicted octanol–water partition coefficient (Wildman–Crippen LogP) is 7.34. The van der Waals surface area contributed by atoms with Crippen molar-refractivity contribution in [2.75, 3.05) is 0 Å². The Morgan fingerprint density at radius 1 is 0.472 bits per heavy atom. The summed E-state index contributed by atoms with van der Waals surface area (Å²) in [5, 5.41) is 29.5. The van der Waals surface area contributed by atoms with Crippen LogP contribution in [0.4, 0.5) is 0 Å². The summed E-state index contributed by atoms with van der Waals surface area (Å²) < 4.78 is 0. The fourth-order valence-electron chi connectivity index (χ4n) is 3.13. The molecule has 4 aromatic rings. The van der Waals surface area contributed by atoms with Gasteiger partial charge in [-0.05, 0) is 56.6 Å². The Hall–Kier alpha value is -4.82. The van der Waals surface area contributed by atoms with Crippen LogP contribution < -0.4 is 0 Å². The number of fused-ring (bicyclic) bond motifs is 3. The van der Waals surface area contributed by atoms with Crippen molar-refractivity contribution < 1.29 is 19.2 Å². The summed E-state index contributed by atoms with van der Waals surface area (Å²) in [7, 11) is 0. The first-order valence-electron chi connectivity index (χ1n) is 10.9. The molecule has 0 saturated carbocycles. The van der Waals surface area contributed by atoms with Crippen molar-refractivity contribution in [1.82, 2.24) is 0 Å². The van der Waals surface area contributed by atoms with Crippen LogP contribution in [-0.2, 0) is 19.2 Å². The van der Waals surface area contributed by atoms with Gasteiger partial charge in [-0.15, -0.1) is 0 Å². The minimum absolute atomic E-state index is 0.750. The van der Waals surface area contributed by atoms with Crippen molar-refractivity contribution in [3.63, 3.8) is 0 Å². The van der Waals surface area contributed by atoms with Gasteiger partial charge in [0.15, 0.2) is 0 Å². The van der Waals surface area contributed by atoms with E-state index in [1.165, 1.54) is 58.0 Å². The van der Waals surface area contributed by atoms with E-state index in [0.717, 1.165) is 24.3 Å². The van der Waals surface area contributed by atoms with Crippen molar-refractivity contribution >= 4 is 56.6 Å². The highest BCUT2D eigenvalue weighted by Gasteiger charge is 2.00. The second kappa shape index (κ2) is 23.3. The quantitative estimate of drug-likeness (QED) is 0.103. The lowest BCUT2D eigenvalue weighted by molar-refractivity contribution is 0.562. The Labute approximate surface area is 210 Å². The molecular weight excluding hydrogens is 456 g/mol. The van der Waals surface area contributed by atoms with Gasteiger partial charge in [0.05, 0.1) is 0 Å². The summed E-state index contributed by atoms with van der Waals surface area (Å²) in [6.45, 7) is 4.46. The fraction of sp³-hybridized carbons (Fsp3) is 0.214. The Kier molecular flexibility index (Phi) is 21.6. The van der Waals surface area contributed by atoms with Crippen LogP contribution in [0.5, 0.6) is 0 Å². The number of unbranched alkanes of at least 4 members (excludes halogenated alkanes) is 3. The first-order chi connectivity index (χ1) is 17.5. The number of hydrogen-bond acceptors (Lipinski definition) is 8. The van der Waals surface area contributed by atoms with E-state index in [2.05, 4.69) is 86.6 Å².